The Labute approximate surface area is 138 Å². The molecular formula is C21H35N. The van der Waals surface area contributed by atoms with Crippen LogP contribution < -0.4 is 5.32 Å². The van der Waals surface area contributed by atoms with Gasteiger partial charge in [-0.3, -0.25) is 0 Å². The summed E-state index contributed by atoms with van der Waals surface area (Å²) in [5.41, 5.74) is 3.16. The largest absolute Gasteiger partial charge is 0.310 e. The summed E-state index contributed by atoms with van der Waals surface area (Å²) in [5.74, 6) is 0. The summed E-state index contributed by atoms with van der Waals surface area (Å²) >= 11 is 0. The highest BCUT2D eigenvalue weighted by Gasteiger charge is 2.17. The fraction of sp³-hybridized carbons (Fsp3) is 0.619. The fourth-order valence-corrected chi connectivity index (χ4v) is 2.84. The summed E-state index contributed by atoms with van der Waals surface area (Å²) in [4.78, 5) is 0. The predicted octanol–water partition coefficient (Wildman–Crippen LogP) is 5.94. The van der Waals surface area contributed by atoms with Gasteiger partial charge in [0.05, 0.1) is 0 Å². The molecule has 1 rings (SSSR count). The van der Waals surface area contributed by atoms with E-state index in [0.29, 0.717) is 6.04 Å². The minimum Gasteiger partial charge on any atom is -0.310 e. The van der Waals surface area contributed by atoms with E-state index in [2.05, 4.69) is 90.2 Å². The van der Waals surface area contributed by atoms with E-state index in [4.69, 9.17) is 0 Å². The maximum atomic E-state index is 3.63. The van der Waals surface area contributed by atoms with E-state index in [9.17, 15) is 0 Å². The third-order valence-electron chi connectivity index (χ3n) is 3.91. The molecule has 0 heterocycles. The van der Waals surface area contributed by atoms with Crippen LogP contribution in [0.25, 0.3) is 6.08 Å². The lowest BCUT2D eigenvalue weighted by atomic mass is 9.86. The molecule has 1 heteroatoms. The lowest BCUT2D eigenvalue weighted by Crippen LogP contribution is -2.43. The molecule has 0 amide bonds. The second-order valence-electron chi connectivity index (χ2n) is 8.35. The normalized spacial score (nSPS) is 13.3. The molecule has 0 saturated carbocycles. The van der Waals surface area contributed by atoms with E-state index < -0.39 is 0 Å². The standard InChI is InChI=1S/C21H35N/c1-17(2)22-21(6,7)15-10-8-9-12-18-13-11-14-19(16-18)20(3,4)5/h9,11-14,16-17,22H,8,10,15H2,1-7H3. The smallest absolute Gasteiger partial charge is 0.0127 e. The van der Waals surface area contributed by atoms with Gasteiger partial charge in [0.2, 0.25) is 0 Å². The Morgan fingerprint density at radius 3 is 2.36 bits per heavy atom. The minimum absolute atomic E-state index is 0.219. The van der Waals surface area contributed by atoms with Crippen molar-refractivity contribution in [2.24, 2.45) is 0 Å². The molecule has 1 N–H and O–H groups in total. The van der Waals surface area contributed by atoms with E-state index >= 15 is 0 Å². The van der Waals surface area contributed by atoms with Gasteiger partial charge in [-0.05, 0) is 49.7 Å². The highest BCUT2D eigenvalue weighted by Crippen LogP contribution is 2.23. The quantitative estimate of drug-likeness (QED) is 0.614. The van der Waals surface area contributed by atoms with Crippen LogP contribution in [0.5, 0.6) is 0 Å². The molecule has 1 nitrogen and oxygen atoms in total. The number of nitrogens with one attached hydrogen (secondary N) is 1. The van der Waals surface area contributed by atoms with Gasteiger partial charge in [0, 0.05) is 11.6 Å². The van der Waals surface area contributed by atoms with Crippen molar-refractivity contribution < 1.29 is 0 Å². The molecule has 0 bridgehead atoms. The Bertz CT molecular complexity index is 475. The van der Waals surface area contributed by atoms with Gasteiger partial charge < -0.3 is 5.32 Å². The second kappa shape index (κ2) is 7.97. The summed E-state index contributed by atoms with van der Waals surface area (Å²) in [5, 5.41) is 3.63. The van der Waals surface area contributed by atoms with Crippen molar-refractivity contribution in [3.63, 3.8) is 0 Å². The monoisotopic (exact) mass is 301 g/mol. The molecule has 0 aliphatic carbocycles. The van der Waals surface area contributed by atoms with Crippen molar-refractivity contribution in [2.45, 2.75) is 84.7 Å². The third-order valence-corrected chi connectivity index (χ3v) is 3.91. The summed E-state index contributed by atoms with van der Waals surface area (Å²) in [6.07, 6.45) is 8.15. The van der Waals surface area contributed by atoms with Crippen molar-refractivity contribution in [3.8, 4) is 0 Å². The molecule has 0 spiro atoms. The lowest BCUT2D eigenvalue weighted by molar-refractivity contribution is 0.326. The first-order valence-electron chi connectivity index (χ1n) is 8.65. The molecule has 0 fully saturated rings. The van der Waals surface area contributed by atoms with Crippen molar-refractivity contribution in [2.75, 3.05) is 0 Å². The highest BCUT2D eigenvalue weighted by molar-refractivity contribution is 5.51. The molecule has 22 heavy (non-hydrogen) atoms. The summed E-state index contributed by atoms with van der Waals surface area (Å²) in [6.45, 7) is 15.8. The number of rotatable bonds is 7. The van der Waals surface area contributed by atoms with Crippen LogP contribution in [0.15, 0.2) is 30.3 Å². The highest BCUT2D eigenvalue weighted by atomic mass is 15.0. The average molecular weight is 302 g/mol. The van der Waals surface area contributed by atoms with E-state index in [0.717, 1.165) is 6.42 Å². The first-order valence-corrected chi connectivity index (χ1v) is 8.65. The van der Waals surface area contributed by atoms with Crippen LogP contribution in [-0.4, -0.2) is 11.6 Å². The fourth-order valence-electron chi connectivity index (χ4n) is 2.84. The molecule has 0 aliphatic rings. The second-order valence-corrected chi connectivity index (χ2v) is 8.35. The van der Waals surface area contributed by atoms with Crippen molar-refractivity contribution in [1.82, 2.24) is 5.32 Å². The van der Waals surface area contributed by atoms with Crippen LogP contribution in [0.1, 0.15) is 78.9 Å². The van der Waals surface area contributed by atoms with Gasteiger partial charge in [0.25, 0.3) is 0 Å². The van der Waals surface area contributed by atoms with E-state index in [1.165, 1.54) is 24.0 Å². The number of allylic oxidation sites excluding steroid dienone is 1. The SMILES string of the molecule is CC(C)NC(C)(C)CCCC=Cc1cccc(C(C)(C)C)c1. The van der Waals surface area contributed by atoms with E-state index in [1.54, 1.807) is 0 Å². The van der Waals surface area contributed by atoms with Crippen LogP contribution in [0.3, 0.4) is 0 Å². The van der Waals surface area contributed by atoms with Gasteiger partial charge in [-0.1, -0.05) is 71.0 Å². The molecule has 124 valence electrons. The molecule has 0 atom stereocenters. The number of hydrogen-bond donors (Lipinski definition) is 1. The molecule has 1 aromatic carbocycles. The Hall–Kier alpha value is -1.08. The Morgan fingerprint density at radius 2 is 1.77 bits per heavy atom. The molecule has 0 aliphatic heterocycles. The zero-order chi connectivity index (χ0) is 16.8. The molecule has 0 radical (unpaired) electrons. The Balaban J connectivity index is 2.47. The Morgan fingerprint density at radius 1 is 1.09 bits per heavy atom. The van der Waals surface area contributed by atoms with Crippen LogP contribution in [-0.2, 0) is 5.41 Å². The number of hydrogen-bond acceptors (Lipinski definition) is 1. The number of unbranched alkanes of at least 4 members (excludes halogenated alkanes) is 1. The van der Waals surface area contributed by atoms with Gasteiger partial charge >= 0.3 is 0 Å². The molecule has 0 unspecified atom stereocenters. The van der Waals surface area contributed by atoms with Crippen molar-refractivity contribution in [1.29, 1.82) is 0 Å². The first kappa shape index (κ1) is 19.0. The van der Waals surface area contributed by atoms with Crippen LogP contribution in [0.2, 0.25) is 0 Å². The van der Waals surface area contributed by atoms with Crippen LogP contribution in [0, 0.1) is 0 Å². The predicted molar refractivity (Wildman–Crippen MR) is 100 cm³/mol. The molecule has 0 saturated heterocycles. The lowest BCUT2D eigenvalue weighted by Gasteiger charge is -2.28. The zero-order valence-corrected chi connectivity index (χ0v) is 15.7. The first-order chi connectivity index (χ1) is 10.1. The molecular weight excluding hydrogens is 266 g/mol. The van der Waals surface area contributed by atoms with Gasteiger partial charge in [0.1, 0.15) is 0 Å². The van der Waals surface area contributed by atoms with Gasteiger partial charge in [0.15, 0.2) is 0 Å². The van der Waals surface area contributed by atoms with Crippen LogP contribution in [0.4, 0.5) is 0 Å². The zero-order valence-electron chi connectivity index (χ0n) is 15.7. The van der Waals surface area contributed by atoms with E-state index in [1.807, 2.05) is 0 Å². The Kier molecular flexibility index (Phi) is 6.87. The molecule has 1 aromatic rings. The summed E-state index contributed by atoms with van der Waals surface area (Å²) in [6, 6.07) is 9.43. The van der Waals surface area contributed by atoms with Gasteiger partial charge in [-0.25, -0.2) is 0 Å². The summed E-state index contributed by atoms with van der Waals surface area (Å²) in [7, 11) is 0. The van der Waals surface area contributed by atoms with Crippen molar-refractivity contribution >= 4 is 6.08 Å². The van der Waals surface area contributed by atoms with Gasteiger partial charge in [-0.2, -0.15) is 0 Å². The third kappa shape index (κ3) is 7.26. The molecule has 0 aromatic heterocycles. The minimum atomic E-state index is 0.219. The number of benzene rings is 1. The maximum absolute atomic E-state index is 3.63. The van der Waals surface area contributed by atoms with Crippen LogP contribution >= 0.6 is 0 Å². The average Bonchev–Trinajstić information content (AvgIpc) is 2.36. The van der Waals surface area contributed by atoms with E-state index in [-0.39, 0.29) is 11.0 Å². The maximum Gasteiger partial charge on any atom is 0.0127 e. The van der Waals surface area contributed by atoms with Gasteiger partial charge in [-0.15, -0.1) is 0 Å². The van der Waals surface area contributed by atoms with Crippen molar-refractivity contribution in [3.05, 3.63) is 41.5 Å². The summed E-state index contributed by atoms with van der Waals surface area (Å²) < 4.78 is 0. The topological polar surface area (TPSA) is 12.0 Å².